The van der Waals surface area contributed by atoms with E-state index in [1.807, 2.05) is 13.8 Å². The number of nitrogens with two attached hydrogens (primary N) is 1. The molecule has 3 atom stereocenters. The van der Waals surface area contributed by atoms with Crippen molar-refractivity contribution in [3.63, 3.8) is 0 Å². The lowest BCUT2D eigenvalue weighted by Gasteiger charge is -2.23. The number of benzene rings is 1. The fraction of sp³-hybridized carbons (Fsp3) is 0.520. The number of hydrogen-bond acceptors (Lipinski definition) is 5. The number of halogens is 2. The van der Waals surface area contributed by atoms with E-state index in [0.29, 0.717) is 23.7 Å². The number of carbonyl (C=O) groups excluding carboxylic acids is 4. The highest BCUT2D eigenvalue weighted by Crippen LogP contribution is 2.35. The van der Waals surface area contributed by atoms with Crippen molar-refractivity contribution in [1.29, 1.82) is 0 Å². The molecule has 12 heteroatoms. The molecule has 2 aliphatic rings. The topological polar surface area (TPSA) is 155 Å². The fourth-order valence-electron chi connectivity index (χ4n) is 4.85. The molecule has 6 N–H and O–H groups in total. The summed E-state index contributed by atoms with van der Waals surface area (Å²) >= 11 is 5.92. The summed E-state index contributed by atoms with van der Waals surface area (Å²) in [5.41, 5.74) is 5.61. The lowest BCUT2D eigenvalue weighted by molar-refractivity contribution is -0.130. The standard InChI is InChI=1S/C25H31ClFN5O5/c1-25(2)10-12(22(34)32-25)7-16(21(28)33)30-23(35)17(6-11-4-5-11)31-24(36)18-8-13-15(29-18)9-14(26)19(27)20(13)37-3/h8-9,11-12,16-17,29H,4-7,10H2,1-3H3,(H2,28,33)(H,30,35)(H,31,36)(H,32,34)/t12-,16+,17+/m1/s1. The van der Waals surface area contributed by atoms with E-state index >= 15 is 0 Å². The maximum Gasteiger partial charge on any atom is 0.268 e. The number of carbonyl (C=O) groups is 4. The number of nitrogens with one attached hydrogen (secondary N) is 4. The van der Waals surface area contributed by atoms with Crippen molar-refractivity contribution in [1.82, 2.24) is 20.9 Å². The van der Waals surface area contributed by atoms with E-state index in [4.69, 9.17) is 22.1 Å². The number of rotatable bonds is 10. The molecule has 10 nitrogen and oxygen atoms in total. The summed E-state index contributed by atoms with van der Waals surface area (Å²) in [7, 11) is 1.29. The molecule has 0 spiro atoms. The maximum absolute atomic E-state index is 14.3. The quantitative estimate of drug-likeness (QED) is 0.315. The Kier molecular flexibility index (Phi) is 7.36. The number of fused-ring (bicyclic) bond motifs is 1. The summed E-state index contributed by atoms with van der Waals surface area (Å²) in [6, 6.07) is 0.752. The van der Waals surface area contributed by atoms with Gasteiger partial charge in [-0.3, -0.25) is 19.2 Å². The number of hydrogen-bond donors (Lipinski definition) is 5. The predicted octanol–water partition coefficient (Wildman–Crippen LogP) is 2.14. The number of primary amides is 1. The number of H-pyrrole nitrogens is 1. The van der Waals surface area contributed by atoms with Gasteiger partial charge < -0.3 is 31.4 Å². The largest absolute Gasteiger partial charge is 0.493 e. The molecule has 37 heavy (non-hydrogen) atoms. The molecule has 1 aromatic heterocycles. The Morgan fingerprint density at radius 2 is 1.92 bits per heavy atom. The van der Waals surface area contributed by atoms with Crippen LogP contribution in [0.25, 0.3) is 10.9 Å². The van der Waals surface area contributed by atoms with Crippen molar-refractivity contribution < 1.29 is 28.3 Å². The Morgan fingerprint density at radius 1 is 1.22 bits per heavy atom. The van der Waals surface area contributed by atoms with Crippen molar-refractivity contribution in [2.24, 2.45) is 17.6 Å². The van der Waals surface area contributed by atoms with Crippen molar-refractivity contribution >= 4 is 46.1 Å². The minimum atomic E-state index is -1.07. The Bertz CT molecular complexity index is 1260. The summed E-state index contributed by atoms with van der Waals surface area (Å²) in [5, 5.41) is 8.37. The number of aromatic nitrogens is 1. The molecule has 1 aliphatic heterocycles. The molecule has 2 heterocycles. The van der Waals surface area contributed by atoms with Gasteiger partial charge in [-0.1, -0.05) is 24.4 Å². The van der Waals surface area contributed by atoms with E-state index < -0.39 is 47.1 Å². The third kappa shape index (κ3) is 5.98. The molecule has 4 amide bonds. The van der Waals surface area contributed by atoms with Crippen LogP contribution in [-0.4, -0.2) is 53.3 Å². The first-order chi connectivity index (χ1) is 17.4. The average Bonchev–Trinajstić information content (AvgIpc) is 3.46. The van der Waals surface area contributed by atoms with Crippen LogP contribution < -0.4 is 26.4 Å². The summed E-state index contributed by atoms with van der Waals surface area (Å²) in [6.07, 6.45) is 2.80. The van der Waals surface area contributed by atoms with Gasteiger partial charge >= 0.3 is 0 Å². The van der Waals surface area contributed by atoms with Crippen LogP contribution in [0.5, 0.6) is 5.75 Å². The zero-order valence-electron chi connectivity index (χ0n) is 20.9. The van der Waals surface area contributed by atoms with Crippen molar-refractivity contribution in [3.05, 3.63) is 28.7 Å². The fourth-order valence-corrected chi connectivity index (χ4v) is 5.05. The molecule has 2 aromatic rings. The van der Waals surface area contributed by atoms with Crippen LogP contribution >= 0.6 is 11.6 Å². The van der Waals surface area contributed by atoms with Gasteiger partial charge in [0.1, 0.15) is 17.8 Å². The molecule has 1 saturated heterocycles. The Hall–Kier alpha value is -3.34. The Labute approximate surface area is 218 Å². The Morgan fingerprint density at radius 3 is 2.49 bits per heavy atom. The lowest BCUT2D eigenvalue weighted by atomic mass is 9.91. The molecule has 0 bridgehead atoms. The van der Waals surface area contributed by atoms with Crippen molar-refractivity contribution in [2.75, 3.05) is 7.11 Å². The molecule has 200 valence electrons. The number of ether oxygens (including phenoxy) is 1. The first kappa shape index (κ1) is 26.7. The van der Waals surface area contributed by atoms with E-state index in [2.05, 4.69) is 20.9 Å². The molecule has 1 aliphatic carbocycles. The van der Waals surface area contributed by atoms with Crippen LogP contribution in [0.1, 0.15) is 56.4 Å². The molecular weight excluding hydrogens is 505 g/mol. The number of amides is 4. The van der Waals surface area contributed by atoms with Gasteiger partial charge in [-0.2, -0.15) is 0 Å². The van der Waals surface area contributed by atoms with Crippen LogP contribution in [-0.2, 0) is 14.4 Å². The van der Waals surface area contributed by atoms with Gasteiger partial charge in [0.15, 0.2) is 11.6 Å². The minimum Gasteiger partial charge on any atom is -0.493 e. The van der Waals surface area contributed by atoms with Gasteiger partial charge in [0.2, 0.25) is 17.7 Å². The first-order valence-corrected chi connectivity index (χ1v) is 12.5. The molecule has 4 rings (SSSR count). The average molecular weight is 536 g/mol. The van der Waals surface area contributed by atoms with Gasteiger partial charge in [-0.25, -0.2) is 4.39 Å². The maximum atomic E-state index is 14.3. The summed E-state index contributed by atoms with van der Waals surface area (Å²) in [4.78, 5) is 53.6. The van der Waals surface area contributed by atoms with Gasteiger partial charge in [0, 0.05) is 16.8 Å². The monoisotopic (exact) mass is 535 g/mol. The SMILES string of the molecule is COc1c(F)c(Cl)cc2[nH]c(C(=O)N[C@@H](CC3CC3)C(=O)N[C@@H](C[C@@H]3CC(C)(C)NC3=O)C(N)=O)cc12. The lowest BCUT2D eigenvalue weighted by Crippen LogP contribution is -2.53. The van der Waals surface area contributed by atoms with Crippen LogP contribution in [0.4, 0.5) is 4.39 Å². The highest BCUT2D eigenvalue weighted by molar-refractivity contribution is 6.31. The van der Waals surface area contributed by atoms with E-state index in [-0.39, 0.29) is 34.7 Å². The summed E-state index contributed by atoms with van der Waals surface area (Å²) in [6.45, 7) is 3.76. The zero-order valence-corrected chi connectivity index (χ0v) is 21.6. The third-order valence-electron chi connectivity index (χ3n) is 6.88. The van der Waals surface area contributed by atoms with Crippen LogP contribution in [0.2, 0.25) is 5.02 Å². The molecule has 1 aromatic carbocycles. The first-order valence-electron chi connectivity index (χ1n) is 12.2. The number of methoxy groups -OCH3 is 1. The molecule has 0 radical (unpaired) electrons. The normalized spacial score (nSPS) is 20.2. The van der Waals surface area contributed by atoms with Gasteiger partial charge in [0.05, 0.1) is 17.6 Å². The highest BCUT2D eigenvalue weighted by Gasteiger charge is 2.40. The van der Waals surface area contributed by atoms with Gasteiger partial charge in [-0.05, 0) is 51.2 Å². The molecular formula is C25H31ClFN5O5. The van der Waals surface area contributed by atoms with Crippen molar-refractivity contribution in [3.8, 4) is 5.75 Å². The van der Waals surface area contributed by atoms with Crippen LogP contribution in [0.15, 0.2) is 12.1 Å². The van der Waals surface area contributed by atoms with Crippen LogP contribution in [0.3, 0.4) is 0 Å². The van der Waals surface area contributed by atoms with E-state index in [0.717, 1.165) is 12.8 Å². The second-order valence-corrected chi connectivity index (χ2v) is 10.9. The van der Waals surface area contributed by atoms with Gasteiger partial charge in [0.25, 0.3) is 5.91 Å². The van der Waals surface area contributed by atoms with E-state index in [1.54, 1.807) is 0 Å². The summed E-state index contributed by atoms with van der Waals surface area (Å²) in [5.74, 6) is -3.17. The predicted molar refractivity (Wildman–Crippen MR) is 134 cm³/mol. The van der Waals surface area contributed by atoms with Gasteiger partial charge in [-0.15, -0.1) is 0 Å². The smallest absolute Gasteiger partial charge is 0.268 e. The minimum absolute atomic E-state index is 0.0641. The van der Waals surface area contributed by atoms with Crippen LogP contribution in [0, 0.1) is 17.7 Å². The number of aromatic amines is 1. The molecule has 0 unspecified atom stereocenters. The molecule has 2 fully saturated rings. The zero-order chi connectivity index (χ0) is 27.1. The van der Waals surface area contributed by atoms with Crippen molar-refractivity contribution in [2.45, 2.75) is 63.6 Å². The molecule has 1 saturated carbocycles. The third-order valence-corrected chi connectivity index (χ3v) is 7.15. The Balaban J connectivity index is 1.49. The van der Waals surface area contributed by atoms with E-state index in [9.17, 15) is 23.6 Å². The second kappa shape index (κ2) is 10.2. The second-order valence-electron chi connectivity index (χ2n) is 10.5. The highest BCUT2D eigenvalue weighted by atomic mass is 35.5. The van der Waals surface area contributed by atoms with E-state index in [1.165, 1.54) is 19.2 Å². The summed E-state index contributed by atoms with van der Waals surface area (Å²) < 4.78 is 19.4.